The van der Waals surface area contributed by atoms with Crippen molar-refractivity contribution in [2.24, 2.45) is 0 Å². The van der Waals surface area contributed by atoms with Crippen LogP contribution in [0.2, 0.25) is 0 Å². The molecule has 1 aromatic rings. The van der Waals surface area contributed by atoms with Crippen LogP contribution in [0.1, 0.15) is 18.1 Å². The summed E-state index contributed by atoms with van der Waals surface area (Å²) in [5, 5.41) is 3.17. The summed E-state index contributed by atoms with van der Waals surface area (Å²) in [7, 11) is 0. The predicted molar refractivity (Wildman–Crippen MR) is 73.0 cm³/mol. The van der Waals surface area contributed by atoms with E-state index in [9.17, 15) is 13.2 Å². The predicted octanol–water partition coefficient (Wildman–Crippen LogP) is 2.66. The van der Waals surface area contributed by atoms with E-state index >= 15 is 0 Å². The van der Waals surface area contributed by atoms with Gasteiger partial charge >= 0.3 is 6.18 Å². The fourth-order valence-electron chi connectivity index (χ4n) is 1.29. The van der Waals surface area contributed by atoms with E-state index in [0.29, 0.717) is 22.9 Å². The molecule has 0 aromatic heterocycles. The normalized spacial score (nSPS) is 10.7. The SMILES string of the molecule is C=C(NNC(=S)NCC)c1cccc(C(F)(F)F)c1. The van der Waals surface area contributed by atoms with E-state index in [-0.39, 0.29) is 0 Å². The molecule has 1 rings (SSSR count). The highest BCUT2D eigenvalue weighted by molar-refractivity contribution is 7.80. The van der Waals surface area contributed by atoms with Gasteiger partial charge in [-0.25, -0.2) is 0 Å². The van der Waals surface area contributed by atoms with Crippen LogP contribution in [0.5, 0.6) is 0 Å². The lowest BCUT2D eigenvalue weighted by Gasteiger charge is -2.14. The maximum absolute atomic E-state index is 12.5. The number of rotatable bonds is 4. The van der Waals surface area contributed by atoms with Gasteiger partial charge in [0, 0.05) is 6.54 Å². The van der Waals surface area contributed by atoms with E-state index in [1.54, 1.807) is 0 Å². The molecular formula is C12H14F3N3S. The second-order valence-corrected chi connectivity index (χ2v) is 4.07. The minimum absolute atomic E-state index is 0.298. The molecule has 3 nitrogen and oxygen atoms in total. The van der Waals surface area contributed by atoms with Crippen molar-refractivity contribution >= 4 is 23.0 Å². The van der Waals surface area contributed by atoms with E-state index in [4.69, 9.17) is 12.2 Å². The molecule has 7 heteroatoms. The fraction of sp³-hybridized carbons (Fsp3) is 0.250. The molecule has 0 aliphatic rings. The number of alkyl halides is 3. The van der Waals surface area contributed by atoms with Crippen LogP contribution in [-0.4, -0.2) is 11.7 Å². The monoisotopic (exact) mass is 289 g/mol. The number of thiocarbonyl (C=S) groups is 1. The smallest absolute Gasteiger partial charge is 0.362 e. The highest BCUT2D eigenvalue weighted by Gasteiger charge is 2.30. The molecule has 1 aromatic carbocycles. The van der Waals surface area contributed by atoms with Gasteiger partial charge < -0.3 is 5.32 Å². The van der Waals surface area contributed by atoms with Crippen molar-refractivity contribution in [1.29, 1.82) is 0 Å². The molecule has 0 aliphatic carbocycles. The van der Waals surface area contributed by atoms with Gasteiger partial charge in [0.15, 0.2) is 5.11 Å². The first-order valence-electron chi connectivity index (χ1n) is 5.51. The first-order valence-corrected chi connectivity index (χ1v) is 5.91. The van der Waals surface area contributed by atoms with Crippen LogP contribution in [0.15, 0.2) is 30.8 Å². The molecule has 19 heavy (non-hydrogen) atoms. The average Bonchev–Trinajstić information content (AvgIpc) is 2.35. The van der Waals surface area contributed by atoms with Gasteiger partial charge in [-0.1, -0.05) is 18.7 Å². The van der Waals surface area contributed by atoms with Gasteiger partial charge in [0.25, 0.3) is 0 Å². The summed E-state index contributed by atoms with van der Waals surface area (Å²) in [6.45, 7) is 6.16. The van der Waals surface area contributed by atoms with Crippen LogP contribution in [0.25, 0.3) is 5.70 Å². The topological polar surface area (TPSA) is 36.1 Å². The molecule has 0 saturated heterocycles. The lowest BCUT2D eigenvalue weighted by Crippen LogP contribution is -2.42. The zero-order valence-corrected chi connectivity index (χ0v) is 11.1. The third-order valence-electron chi connectivity index (χ3n) is 2.20. The minimum atomic E-state index is -4.37. The maximum atomic E-state index is 12.5. The fourth-order valence-corrected chi connectivity index (χ4v) is 1.49. The van der Waals surface area contributed by atoms with Gasteiger partial charge in [-0.3, -0.25) is 10.9 Å². The van der Waals surface area contributed by atoms with E-state index in [2.05, 4.69) is 22.7 Å². The highest BCUT2D eigenvalue weighted by Crippen LogP contribution is 2.30. The number of benzene rings is 1. The Morgan fingerprint density at radius 1 is 1.32 bits per heavy atom. The van der Waals surface area contributed by atoms with Crippen LogP contribution < -0.4 is 16.2 Å². The van der Waals surface area contributed by atoms with E-state index < -0.39 is 11.7 Å². The second-order valence-electron chi connectivity index (χ2n) is 3.67. The van der Waals surface area contributed by atoms with Crippen molar-refractivity contribution in [2.45, 2.75) is 13.1 Å². The van der Waals surface area contributed by atoms with Crippen molar-refractivity contribution in [3.05, 3.63) is 42.0 Å². The molecule has 0 saturated carbocycles. The van der Waals surface area contributed by atoms with Gasteiger partial charge in [-0.2, -0.15) is 13.2 Å². The van der Waals surface area contributed by atoms with Gasteiger partial charge in [0.05, 0.1) is 11.3 Å². The molecule has 0 heterocycles. The zero-order valence-electron chi connectivity index (χ0n) is 10.3. The van der Waals surface area contributed by atoms with Crippen molar-refractivity contribution in [2.75, 3.05) is 6.54 Å². The van der Waals surface area contributed by atoms with E-state index in [1.165, 1.54) is 12.1 Å². The summed E-state index contributed by atoms with van der Waals surface area (Å²) in [5.74, 6) is 0. The van der Waals surface area contributed by atoms with Crippen LogP contribution in [0, 0.1) is 0 Å². The lowest BCUT2D eigenvalue weighted by molar-refractivity contribution is -0.137. The summed E-state index contributed by atoms with van der Waals surface area (Å²) in [6.07, 6.45) is -4.37. The summed E-state index contributed by atoms with van der Waals surface area (Å²) in [4.78, 5) is 0. The Hall–Kier alpha value is -1.76. The van der Waals surface area contributed by atoms with E-state index in [0.717, 1.165) is 12.1 Å². The van der Waals surface area contributed by atoms with E-state index in [1.807, 2.05) is 6.92 Å². The van der Waals surface area contributed by atoms with Gasteiger partial charge in [0.1, 0.15) is 0 Å². The third-order valence-corrected chi connectivity index (χ3v) is 2.45. The largest absolute Gasteiger partial charge is 0.416 e. The molecule has 0 atom stereocenters. The van der Waals surface area contributed by atoms with Gasteiger partial charge in [-0.15, -0.1) is 0 Å². The lowest BCUT2D eigenvalue weighted by atomic mass is 10.1. The summed E-state index contributed by atoms with van der Waals surface area (Å²) in [6, 6.07) is 4.89. The van der Waals surface area contributed by atoms with Crippen LogP contribution >= 0.6 is 12.2 Å². The Bertz CT molecular complexity index is 472. The quantitative estimate of drug-likeness (QED) is 0.588. The first-order chi connectivity index (χ1) is 8.84. The summed E-state index contributed by atoms with van der Waals surface area (Å²) >= 11 is 4.90. The standard InChI is InChI=1S/C12H14F3N3S/c1-3-16-11(19)18-17-8(2)9-5-4-6-10(7-9)12(13,14)15/h4-7,17H,2-3H2,1H3,(H2,16,18,19). The number of halogens is 3. The molecule has 0 spiro atoms. The molecule has 3 N–H and O–H groups in total. The van der Waals surface area contributed by atoms with Crippen molar-refractivity contribution in [3.8, 4) is 0 Å². The molecule has 0 unspecified atom stereocenters. The first kappa shape index (κ1) is 15.3. The molecule has 0 amide bonds. The Morgan fingerprint density at radius 2 is 2.00 bits per heavy atom. The van der Waals surface area contributed by atoms with Crippen molar-refractivity contribution < 1.29 is 13.2 Å². The third kappa shape index (κ3) is 4.78. The Kier molecular flexibility index (Phi) is 5.17. The van der Waals surface area contributed by atoms with Crippen LogP contribution in [-0.2, 0) is 6.18 Å². The summed E-state index contributed by atoms with van der Waals surface area (Å²) in [5.41, 5.74) is 5.19. The number of hydrogen-bond donors (Lipinski definition) is 3. The molecule has 0 bridgehead atoms. The Labute approximate surface area is 114 Å². The summed E-state index contributed by atoms with van der Waals surface area (Å²) < 4.78 is 37.6. The molecule has 0 fully saturated rings. The number of hydrazine groups is 1. The Balaban J connectivity index is 2.70. The highest BCUT2D eigenvalue weighted by atomic mass is 32.1. The molecule has 0 radical (unpaired) electrons. The van der Waals surface area contributed by atoms with Crippen LogP contribution in [0.4, 0.5) is 13.2 Å². The second kappa shape index (κ2) is 6.42. The number of nitrogens with one attached hydrogen (secondary N) is 3. The van der Waals surface area contributed by atoms with Crippen LogP contribution in [0.3, 0.4) is 0 Å². The molecule has 104 valence electrons. The molecule has 0 aliphatic heterocycles. The maximum Gasteiger partial charge on any atom is 0.416 e. The Morgan fingerprint density at radius 3 is 2.58 bits per heavy atom. The minimum Gasteiger partial charge on any atom is -0.362 e. The number of hydrogen-bond acceptors (Lipinski definition) is 2. The van der Waals surface area contributed by atoms with Gasteiger partial charge in [0.2, 0.25) is 0 Å². The van der Waals surface area contributed by atoms with Crippen molar-refractivity contribution in [1.82, 2.24) is 16.2 Å². The zero-order chi connectivity index (χ0) is 14.5. The molecular weight excluding hydrogens is 275 g/mol. The van der Waals surface area contributed by atoms with Gasteiger partial charge in [-0.05, 0) is 36.8 Å². The average molecular weight is 289 g/mol. The van der Waals surface area contributed by atoms with Crippen molar-refractivity contribution in [3.63, 3.8) is 0 Å².